The Labute approximate surface area is 171 Å². The van der Waals surface area contributed by atoms with E-state index in [0.717, 1.165) is 40.0 Å². The van der Waals surface area contributed by atoms with Gasteiger partial charge in [0, 0.05) is 5.56 Å². The first kappa shape index (κ1) is 20.6. The molecule has 29 heavy (non-hydrogen) atoms. The zero-order valence-corrected chi connectivity index (χ0v) is 17.0. The first-order chi connectivity index (χ1) is 14.0. The third kappa shape index (κ3) is 5.46. The van der Waals surface area contributed by atoms with Crippen LogP contribution in [0.3, 0.4) is 0 Å². The van der Waals surface area contributed by atoms with Gasteiger partial charge in [-0.25, -0.2) is 0 Å². The van der Waals surface area contributed by atoms with E-state index in [-0.39, 0.29) is 6.61 Å². The molecule has 1 atom stereocenters. The summed E-state index contributed by atoms with van der Waals surface area (Å²) in [5.74, 6) is 1.50. The molecule has 3 rings (SSSR count). The molecule has 0 saturated carbocycles. The minimum Gasteiger partial charge on any atom is -0.491 e. The van der Waals surface area contributed by atoms with Crippen LogP contribution in [-0.4, -0.2) is 24.1 Å². The Morgan fingerprint density at radius 3 is 2.24 bits per heavy atom. The highest BCUT2D eigenvalue weighted by molar-refractivity contribution is 5.75. The molecule has 0 aromatic heterocycles. The fraction of sp³-hybridized carbons (Fsp3) is 0.240. The van der Waals surface area contributed by atoms with Crippen LogP contribution in [0.5, 0.6) is 11.5 Å². The molecule has 1 N–H and O–H groups in total. The van der Waals surface area contributed by atoms with Gasteiger partial charge in [0.15, 0.2) is 0 Å². The monoisotopic (exact) mass is 390 g/mol. The highest BCUT2D eigenvalue weighted by atomic mass is 16.5. The number of ether oxygens (including phenoxy) is 2. The van der Waals surface area contributed by atoms with Gasteiger partial charge in [-0.05, 0) is 91.1 Å². The first-order valence-corrected chi connectivity index (χ1v) is 9.65. The standard InChI is InChI=1S/C25H26O4/c1-17-11-24(28-15-19(3)27)12-18(2)25(17)22-6-4-5-21(13-22)16-29-23-9-7-20(14-26)8-10-23/h4-14,19,27H,15-16H2,1-3H3. The summed E-state index contributed by atoms with van der Waals surface area (Å²) in [6, 6.07) is 19.4. The van der Waals surface area contributed by atoms with Crippen molar-refractivity contribution in [3.8, 4) is 22.6 Å². The maximum Gasteiger partial charge on any atom is 0.150 e. The van der Waals surface area contributed by atoms with E-state index in [1.807, 2.05) is 24.3 Å². The quantitative estimate of drug-likeness (QED) is 0.542. The normalized spacial score (nSPS) is 11.7. The smallest absolute Gasteiger partial charge is 0.150 e. The number of rotatable bonds is 8. The minimum absolute atomic E-state index is 0.277. The lowest BCUT2D eigenvalue weighted by atomic mass is 9.94. The van der Waals surface area contributed by atoms with Gasteiger partial charge in [0.05, 0.1) is 6.10 Å². The van der Waals surface area contributed by atoms with Crippen molar-refractivity contribution in [3.05, 3.63) is 82.9 Å². The van der Waals surface area contributed by atoms with Gasteiger partial charge in [-0.3, -0.25) is 4.79 Å². The summed E-state index contributed by atoms with van der Waals surface area (Å²) in [6.45, 7) is 6.56. The largest absolute Gasteiger partial charge is 0.491 e. The van der Waals surface area contributed by atoms with E-state index in [1.165, 1.54) is 5.56 Å². The summed E-state index contributed by atoms with van der Waals surface area (Å²) in [6.07, 6.45) is 0.320. The van der Waals surface area contributed by atoms with Crippen molar-refractivity contribution in [3.63, 3.8) is 0 Å². The van der Waals surface area contributed by atoms with Crippen molar-refractivity contribution >= 4 is 6.29 Å². The van der Waals surface area contributed by atoms with Gasteiger partial charge < -0.3 is 14.6 Å². The van der Waals surface area contributed by atoms with Crippen molar-refractivity contribution in [2.24, 2.45) is 0 Å². The van der Waals surface area contributed by atoms with Gasteiger partial charge in [-0.15, -0.1) is 0 Å². The summed E-state index contributed by atoms with van der Waals surface area (Å²) < 4.78 is 11.5. The van der Waals surface area contributed by atoms with Gasteiger partial charge in [-0.1, -0.05) is 18.2 Å². The summed E-state index contributed by atoms with van der Waals surface area (Å²) in [5.41, 5.74) is 6.23. The molecule has 1 unspecified atom stereocenters. The van der Waals surface area contributed by atoms with Crippen molar-refractivity contribution in [2.45, 2.75) is 33.5 Å². The van der Waals surface area contributed by atoms with Crippen molar-refractivity contribution in [1.82, 2.24) is 0 Å². The Bertz CT molecular complexity index is 951. The fourth-order valence-electron chi connectivity index (χ4n) is 3.31. The molecule has 0 aliphatic carbocycles. The number of aryl methyl sites for hydroxylation is 2. The number of carbonyl (C=O) groups excluding carboxylic acids is 1. The molecule has 3 aromatic rings. The molecule has 0 aliphatic heterocycles. The number of benzene rings is 3. The molecular formula is C25H26O4. The second-order valence-electron chi connectivity index (χ2n) is 7.27. The Balaban J connectivity index is 1.76. The Morgan fingerprint density at radius 2 is 1.62 bits per heavy atom. The lowest BCUT2D eigenvalue weighted by molar-refractivity contribution is 0.112. The predicted molar refractivity (Wildman–Crippen MR) is 115 cm³/mol. The van der Waals surface area contributed by atoms with Crippen LogP contribution in [-0.2, 0) is 6.61 Å². The highest BCUT2D eigenvalue weighted by Gasteiger charge is 2.10. The van der Waals surface area contributed by atoms with Crippen LogP contribution in [0, 0.1) is 13.8 Å². The third-order valence-corrected chi connectivity index (χ3v) is 4.63. The number of carbonyl (C=O) groups is 1. The average molecular weight is 390 g/mol. The Hall–Kier alpha value is -3.11. The maximum atomic E-state index is 10.8. The van der Waals surface area contributed by atoms with Crippen LogP contribution >= 0.6 is 0 Å². The number of hydrogen-bond donors (Lipinski definition) is 1. The molecule has 3 aromatic carbocycles. The van der Waals surface area contributed by atoms with Gasteiger partial charge in [-0.2, -0.15) is 0 Å². The van der Waals surface area contributed by atoms with E-state index >= 15 is 0 Å². The summed E-state index contributed by atoms with van der Waals surface area (Å²) >= 11 is 0. The zero-order valence-electron chi connectivity index (χ0n) is 17.0. The van der Waals surface area contributed by atoms with Crippen LogP contribution in [0.4, 0.5) is 0 Å². The Kier molecular flexibility index (Phi) is 6.68. The average Bonchev–Trinajstić information content (AvgIpc) is 2.71. The van der Waals surface area contributed by atoms with Crippen LogP contribution in [0.25, 0.3) is 11.1 Å². The molecule has 4 heteroatoms. The van der Waals surface area contributed by atoms with Gasteiger partial charge >= 0.3 is 0 Å². The van der Waals surface area contributed by atoms with Crippen molar-refractivity contribution < 1.29 is 19.4 Å². The van der Waals surface area contributed by atoms with Crippen molar-refractivity contribution in [2.75, 3.05) is 6.61 Å². The van der Waals surface area contributed by atoms with E-state index in [2.05, 4.69) is 26.0 Å². The third-order valence-electron chi connectivity index (χ3n) is 4.63. The predicted octanol–water partition coefficient (Wildman–Crippen LogP) is 5.12. The van der Waals surface area contributed by atoms with E-state index in [0.29, 0.717) is 12.2 Å². The van der Waals surface area contributed by atoms with E-state index in [4.69, 9.17) is 9.47 Å². The molecule has 0 saturated heterocycles. The molecule has 0 fully saturated rings. The second-order valence-corrected chi connectivity index (χ2v) is 7.27. The first-order valence-electron chi connectivity index (χ1n) is 9.65. The molecule has 0 heterocycles. The number of aliphatic hydroxyl groups excluding tert-OH is 1. The summed E-state index contributed by atoms with van der Waals surface area (Å²) in [4.78, 5) is 10.8. The molecule has 150 valence electrons. The molecule has 0 aliphatic rings. The van der Waals surface area contributed by atoms with E-state index < -0.39 is 6.10 Å². The van der Waals surface area contributed by atoms with Crippen LogP contribution in [0.2, 0.25) is 0 Å². The SMILES string of the molecule is Cc1cc(OCC(C)O)cc(C)c1-c1cccc(COc2ccc(C=O)cc2)c1. The van der Waals surface area contributed by atoms with E-state index in [9.17, 15) is 9.90 Å². The van der Waals surface area contributed by atoms with Crippen molar-refractivity contribution in [1.29, 1.82) is 0 Å². The highest BCUT2D eigenvalue weighted by Crippen LogP contribution is 2.31. The number of hydrogen-bond acceptors (Lipinski definition) is 4. The zero-order chi connectivity index (χ0) is 20.8. The number of aliphatic hydroxyl groups is 1. The molecule has 0 spiro atoms. The molecule has 0 radical (unpaired) electrons. The van der Waals surface area contributed by atoms with Gasteiger partial charge in [0.1, 0.15) is 31.0 Å². The van der Waals surface area contributed by atoms with E-state index in [1.54, 1.807) is 31.2 Å². The molecule has 4 nitrogen and oxygen atoms in total. The lowest BCUT2D eigenvalue weighted by Gasteiger charge is -2.15. The second kappa shape index (κ2) is 9.39. The van der Waals surface area contributed by atoms with Crippen LogP contribution < -0.4 is 9.47 Å². The molecule has 0 amide bonds. The number of aldehydes is 1. The molecular weight excluding hydrogens is 364 g/mol. The maximum absolute atomic E-state index is 10.8. The molecule has 0 bridgehead atoms. The topological polar surface area (TPSA) is 55.8 Å². The summed E-state index contributed by atoms with van der Waals surface area (Å²) in [5, 5.41) is 9.42. The summed E-state index contributed by atoms with van der Waals surface area (Å²) in [7, 11) is 0. The minimum atomic E-state index is -0.499. The lowest BCUT2D eigenvalue weighted by Crippen LogP contribution is -2.13. The Morgan fingerprint density at radius 1 is 0.931 bits per heavy atom. The van der Waals surface area contributed by atoms with Crippen LogP contribution in [0.1, 0.15) is 34.0 Å². The fourth-order valence-corrected chi connectivity index (χ4v) is 3.31. The van der Waals surface area contributed by atoms with Gasteiger partial charge in [0.2, 0.25) is 0 Å². The van der Waals surface area contributed by atoms with Gasteiger partial charge in [0.25, 0.3) is 0 Å². The van der Waals surface area contributed by atoms with Crippen LogP contribution in [0.15, 0.2) is 60.7 Å².